The monoisotopic (exact) mass is 454 g/mol. The van der Waals surface area contributed by atoms with Crippen molar-refractivity contribution in [3.8, 4) is 17.6 Å². The Kier molecular flexibility index (Phi) is 7.15. The first-order valence-corrected chi connectivity index (χ1v) is 9.46. The molecule has 10 heteroatoms. The predicted molar refractivity (Wildman–Crippen MR) is 115 cm³/mol. The van der Waals surface area contributed by atoms with Crippen molar-refractivity contribution in [1.29, 1.82) is 5.26 Å². The molecule has 7 nitrogen and oxygen atoms in total. The molecule has 3 rings (SSSR count). The highest BCUT2D eigenvalue weighted by Crippen LogP contribution is 2.26. The van der Waals surface area contributed by atoms with Crippen molar-refractivity contribution in [3.63, 3.8) is 0 Å². The number of urea groups is 1. The zero-order valence-corrected chi connectivity index (χ0v) is 17.0. The second-order valence-electron chi connectivity index (χ2n) is 6.53. The Bertz CT molecular complexity index is 1160. The lowest BCUT2D eigenvalue weighted by Crippen LogP contribution is -2.33. The third kappa shape index (κ3) is 6.73. The van der Waals surface area contributed by atoms with Gasteiger partial charge < -0.3 is 15.2 Å². The molecule has 0 aliphatic carbocycles. The number of halogens is 3. The van der Waals surface area contributed by atoms with Crippen LogP contribution in [0.2, 0.25) is 0 Å². The Balaban J connectivity index is 1.89. The fraction of sp³-hybridized carbons (Fsp3) is 0.0870. The maximum atomic E-state index is 12.4. The molecule has 0 aromatic heterocycles. The van der Waals surface area contributed by atoms with E-state index in [0.717, 1.165) is 17.1 Å². The topological polar surface area (TPSA) is 101 Å². The molecule has 3 aromatic carbocycles. The molecule has 0 atom stereocenters. The van der Waals surface area contributed by atoms with Crippen LogP contribution >= 0.6 is 0 Å². The van der Waals surface area contributed by atoms with Gasteiger partial charge in [-0.2, -0.15) is 15.4 Å². The summed E-state index contributed by atoms with van der Waals surface area (Å²) in [4.78, 5) is 12.1. The number of ether oxygens (including phenoxy) is 2. The van der Waals surface area contributed by atoms with E-state index in [-0.39, 0.29) is 12.3 Å². The highest BCUT2D eigenvalue weighted by Gasteiger charge is 2.31. The zero-order valence-electron chi connectivity index (χ0n) is 17.0. The maximum Gasteiger partial charge on any atom is 0.573 e. The van der Waals surface area contributed by atoms with Gasteiger partial charge >= 0.3 is 12.4 Å². The minimum absolute atomic E-state index is 0.0606. The summed E-state index contributed by atoms with van der Waals surface area (Å²) in [5.74, 6) is 0.0176. The maximum absolute atomic E-state index is 12.4. The summed E-state index contributed by atoms with van der Waals surface area (Å²) in [5, 5.41) is 14.1. The van der Waals surface area contributed by atoms with E-state index in [1.807, 2.05) is 6.07 Å². The molecule has 0 fully saturated rings. The molecule has 0 radical (unpaired) electrons. The molecular weight excluding hydrogens is 437 g/mol. The van der Waals surface area contributed by atoms with E-state index in [0.29, 0.717) is 22.6 Å². The largest absolute Gasteiger partial charge is 0.573 e. The highest BCUT2D eigenvalue weighted by atomic mass is 19.4. The molecule has 0 spiro atoms. The van der Waals surface area contributed by atoms with Crippen LogP contribution in [0.3, 0.4) is 0 Å². The van der Waals surface area contributed by atoms with E-state index < -0.39 is 18.1 Å². The van der Waals surface area contributed by atoms with Crippen LogP contribution in [0, 0.1) is 11.3 Å². The van der Waals surface area contributed by atoms with Gasteiger partial charge in [-0.15, -0.1) is 13.2 Å². The number of anilines is 1. The molecule has 0 bridgehead atoms. The third-order valence-electron chi connectivity index (χ3n) is 4.21. The summed E-state index contributed by atoms with van der Waals surface area (Å²) in [7, 11) is 0. The minimum Gasteiger partial charge on any atom is -0.487 e. The van der Waals surface area contributed by atoms with Crippen LogP contribution in [0.5, 0.6) is 11.5 Å². The summed E-state index contributed by atoms with van der Waals surface area (Å²) in [5.41, 5.74) is 7.03. The normalized spacial score (nSPS) is 11.4. The number of nitrogens with zero attached hydrogens (tertiary/aromatic N) is 3. The first-order chi connectivity index (χ1) is 15.7. The van der Waals surface area contributed by atoms with Gasteiger partial charge in [-0.1, -0.05) is 30.3 Å². The number of hydrogen-bond donors (Lipinski definition) is 1. The molecule has 2 N–H and O–H groups in total. The SMILES string of the molecule is N#Cc1ccc(OC/C(=N/N(C(N)=O)c2ccc(OC(F)(F)F)cc2)c2ccccc2)cc1. The molecule has 0 saturated heterocycles. The van der Waals surface area contributed by atoms with Gasteiger partial charge in [-0.05, 0) is 48.5 Å². The van der Waals surface area contributed by atoms with Crippen LogP contribution in [-0.4, -0.2) is 24.7 Å². The van der Waals surface area contributed by atoms with Crippen LogP contribution in [0.1, 0.15) is 11.1 Å². The van der Waals surface area contributed by atoms with Crippen molar-refractivity contribution >= 4 is 17.4 Å². The Labute approximate surface area is 187 Å². The number of hydrazone groups is 1. The van der Waals surface area contributed by atoms with E-state index in [4.69, 9.17) is 15.7 Å². The number of alkyl halides is 3. The number of rotatable bonds is 7. The molecule has 0 saturated carbocycles. The number of carbonyl (C=O) groups excluding carboxylic acids is 1. The number of carbonyl (C=O) groups is 1. The number of nitrogens with two attached hydrogens (primary N) is 1. The average Bonchev–Trinajstić information content (AvgIpc) is 2.79. The van der Waals surface area contributed by atoms with Gasteiger partial charge in [-0.3, -0.25) is 0 Å². The molecule has 33 heavy (non-hydrogen) atoms. The lowest BCUT2D eigenvalue weighted by molar-refractivity contribution is -0.274. The van der Waals surface area contributed by atoms with Crippen molar-refractivity contribution in [2.24, 2.45) is 10.8 Å². The minimum atomic E-state index is -4.84. The summed E-state index contributed by atoms with van der Waals surface area (Å²) in [6.45, 7) is -0.0606. The lowest BCUT2D eigenvalue weighted by Gasteiger charge is -2.18. The average molecular weight is 454 g/mol. The van der Waals surface area contributed by atoms with E-state index in [2.05, 4.69) is 9.84 Å². The number of amides is 2. The van der Waals surface area contributed by atoms with E-state index in [9.17, 15) is 18.0 Å². The fourth-order valence-corrected chi connectivity index (χ4v) is 2.72. The van der Waals surface area contributed by atoms with Crippen LogP contribution in [0.4, 0.5) is 23.7 Å². The molecule has 168 valence electrons. The van der Waals surface area contributed by atoms with Crippen LogP contribution in [-0.2, 0) is 0 Å². The smallest absolute Gasteiger partial charge is 0.487 e. The molecule has 0 heterocycles. The van der Waals surface area contributed by atoms with Gasteiger partial charge in [0.15, 0.2) is 0 Å². The summed E-state index contributed by atoms with van der Waals surface area (Å²) in [6.07, 6.45) is -4.84. The van der Waals surface area contributed by atoms with Crippen molar-refractivity contribution < 1.29 is 27.4 Å². The quantitative estimate of drug-likeness (QED) is 0.408. The number of hydrogen-bond acceptors (Lipinski definition) is 5. The second-order valence-corrected chi connectivity index (χ2v) is 6.53. The first kappa shape index (κ1) is 23.1. The summed E-state index contributed by atoms with van der Waals surface area (Å²) >= 11 is 0. The number of nitriles is 1. The Morgan fingerprint density at radius 2 is 1.58 bits per heavy atom. The van der Waals surface area contributed by atoms with E-state index in [1.54, 1.807) is 54.6 Å². The van der Waals surface area contributed by atoms with Crippen molar-refractivity contribution in [1.82, 2.24) is 0 Å². The van der Waals surface area contributed by atoms with Gasteiger partial charge in [0.2, 0.25) is 0 Å². The Morgan fingerprint density at radius 3 is 2.12 bits per heavy atom. The molecule has 0 aliphatic rings. The first-order valence-electron chi connectivity index (χ1n) is 9.46. The van der Waals surface area contributed by atoms with Gasteiger partial charge in [-0.25, -0.2) is 4.79 Å². The second kappa shape index (κ2) is 10.2. The van der Waals surface area contributed by atoms with Gasteiger partial charge in [0, 0.05) is 5.56 Å². The van der Waals surface area contributed by atoms with Crippen LogP contribution in [0.25, 0.3) is 0 Å². The van der Waals surface area contributed by atoms with Gasteiger partial charge in [0.05, 0.1) is 17.3 Å². The standard InChI is InChI=1S/C23H17F3N4O3/c24-23(25,26)33-20-12-8-18(9-13-20)30(22(28)31)29-21(17-4-2-1-3-5-17)15-32-19-10-6-16(14-27)7-11-19/h1-13H,15H2,(H2,28,31)/b29-21-. The molecule has 3 aromatic rings. The van der Waals surface area contributed by atoms with E-state index in [1.165, 1.54) is 12.1 Å². The van der Waals surface area contributed by atoms with Gasteiger partial charge in [0.1, 0.15) is 23.8 Å². The van der Waals surface area contributed by atoms with Crippen molar-refractivity contribution in [2.45, 2.75) is 6.36 Å². The molecule has 0 aliphatic heterocycles. The lowest BCUT2D eigenvalue weighted by atomic mass is 10.1. The number of benzene rings is 3. The van der Waals surface area contributed by atoms with Crippen molar-refractivity contribution in [2.75, 3.05) is 11.6 Å². The molecule has 0 unspecified atom stereocenters. The summed E-state index contributed by atoms with van der Waals surface area (Å²) in [6, 6.07) is 20.8. The summed E-state index contributed by atoms with van der Waals surface area (Å²) < 4.78 is 46.8. The number of primary amides is 1. The Morgan fingerprint density at radius 1 is 0.970 bits per heavy atom. The highest BCUT2D eigenvalue weighted by molar-refractivity contribution is 6.04. The Hall–Kier alpha value is -4.52. The third-order valence-corrected chi connectivity index (χ3v) is 4.21. The van der Waals surface area contributed by atoms with Crippen LogP contribution in [0.15, 0.2) is 84.0 Å². The zero-order chi connectivity index (χ0) is 23.8. The molecule has 2 amide bonds. The van der Waals surface area contributed by atoms with E-state index >= 15 is 0 Å². The van der Waals surface area contributed by atoms with Crippen molar-refractivity contribution in [3.05, 3.63) is 90.0 Å². The molecular formula is C23H17F3N4O3. The van der Waals surface area contributed by atoms with Gasteiger partial charge in [0.25, 0.3) is 0 Å². The predicted octanol–water partition coefficient (Wildman–Crippen LogP) is 4.83. The van der Waals surface area contributed by atoms with Crippen LogP contribution < -0.4 is 20.2 Å². The fourth-order valence-electron chi connectivity index (χ4n) is 2.72.